The molecule has 4 aliphatic carbocycles. The monoisotopic (exact) mass is 503 g/mol. The van der Waals surface area contributed by atoms with E-state index in [0.29, 0.717) is 29.1 Å². The first-order chi connectivity index (χ1) is 17.5. The maximum Gasteiger partial charge on any atom is 0.203 e. The molecule has 5 rings (SSSR count). The van der Waals surface area contributed by atoms with Crippen LogP contribution in [0, 0.1) is 48.9 Å². The molecule has 0 bridgehead atoms. The fourth-order valence-corrected chi connectivity index (χ4v) is 8.23. The lowest BCUT2D eigenvalue weighted by molar-refractivity contribution is 0.111. The Morgan fingerprint density at radius 3 is 2.54 bits per heavy atom. The summed E-state index contributed by atoms with van der Waals surface area (Å²) in [7, 11) is 0. The average Bonchev–Trinajstić information content (AvgIpc) is 3.49. The van der Waals surface area contributed by atoms with Crippen LogP contribution in [0.4, 0.5) is 0 Å². The number of nitrogens with zero attached hydrogens (tertiary/aromatic N) is 1. The van der Waals surface area contributed by atoms with Crippen molar-refractivity contribution in [3.05, 3.63) is 64.9 Å². The summed E-state index contributed by atoms with van der Waals surface area (Å²) in [5, 5.41) is 11.2. The normalized spacial score (nSPS) is 37.3. The first-order valence-electron chi connectivity index (χ1n) is 14.9. The number of hydrogen-bond donors (Lipinski definition) is 1. The molecule has 1 heterocycles. The number of hydrogen-bond acceptors (Lipinski definition) is 3. The molecule has 7 atom stereocenters. The van der Waals surface area contributed by atoms with E-state index in [0.717, 1.165) is 36.1 Å². The molecule has 1 aromatic heterocycles. The molecule has 4 saturated carbocycles. The summed E-state index contributed by atoms with van der Waals surface area (Å²) in [6, 6.07) is 0. The number of allylic oxidation sites excluding steroid dienone is 6. The second kappa shape index (κ2) is 10.0. The molecule has 1 unspecified atom stereocenters. The van der Waals surface area contributed by atoms with E-state index in [1.54, 1.807) is 5.57 Å². The van der Waals surface area contributed by atoms with Gasteiger partial charge in [-0.05, 0) is 118 Å². The molecular weight excluding hydrogens is 454 g/mol. The van der Waals surface area contributed by atoms with Gasteiger partial charge in [0, 0.05) is 0 Å². The van der Waals surface area contributed by atoms with Gasteiger partial charge in [-0.3, -0.25) is 0 Å². The van der Waals surface area contributed by atoms with Crippen molar-refractivity contribution in [2.75, 3.05) is 0 Å². The predicted octanol–water partition coefficient (Wildman–Crippen LogP) is 8.57. The van der Waals surface area contributed by atoms with Gasteiger partial charge < -0.3 is 9.52 Å². The zero-order chi connectivity index (χ0) is 26.5. The van der Waals surface area contributed by atoms with Gasteiger partial charge in [-0.25, -0.2) is 4.98 Å². The summed E-state index contributed by atoms with van der Waals surface area (Å²) in [6.45, 7) is 18.0. The van der Waals surface area contributed by atoms with Crippen LogP contribution in [-0.4, -0.2) is 16.2 Å². The van der Waals surface area contributed by atoms with Gasteiger partial charge in [-0.15, -0.1) is 0 Å². The Morgan fingerprint density at radius 1 is 1.11 bits per heavy atom. The van der Waals surface area contributed by atoms with Crippen LogP contribution in [0.2, 0.25) is 0 Å². The van der Waals surface area contributed by atoms with Crippen LogP contribution < -0.4 is 0 Å². The summed E-state index contributed by atoms with van der Waals surface area (Å²) in [5.41, 5.74) is 5.48. The molecule has 0 radical (unpaired) electrons. The minimum atomic E-state index is -0.529. The van der Waals surface area contributed by atoms with E-state index in [-0.39, 0.29) is 5.41 Å². The molecule has 1 aromatic rings. The zero-order valence-corrected chi connectivity index (χ0v) is 24.1. The highest BCUT2D eigenvalue weighted by atomic mass is 16.4. The van der Waals surface area contributed by atoms with Gasteiger partial charge in [0.25, 0.3) is 0 Å². The molecule has 1 N–H and O–H groups in total. The van der Waals surface area contributed by atoms with Crippen molar-refractivity contribution in [1.29, 1.82) is 0 Å². The third-order valence-corrected chi connectivity index (χ3v) is 10.9. The predicted molar refractivity (Wildman–Crippen MR) is 152 cm³/mol. The molecule has 0 aliphatic heterocycles. The highest BCUT2D eigenvalue weighted by molar-refractivity contribution is 5.37. The second-order valence-electron chi connectivity index (χ2n) is 13.5. The average molecular weight is 504 g/mol. The van der Waals surface area contributed by atoms with E-state index in [1.165, 1.54) is 56.1 Å². The second-order valence-corrected chi connectivity index (χ2v) is 13.5. The molecule has 0 aromatic carbocycles. The molecule has 4 fully saturated rings. The van der Waals surface area contributed by atoms with Crippen LogP contribution in [-0.2, 0) is 5.41 Å². The van der Waals surface area contributed by atoms with E-state index in [1.807, 2.05) is 13.8 Å². The number of oxazole rings is 1. The van der Waals surface area contributed by atoms with Crippen LogP contribution in [0.1, 0.15) is 103 Å². The Bertz CT molecular complexity index is 1100. The maximum absolute atomic E-state index is 11.2. The first-order valence-corrected chi connectivity index (χ1v) is 14.9. The van der Waals surface area contributed by atoms with Gasteiger partial charge in [-0.2, -0.15) is 0 Å². The highest BCUT2D eigenvalue weighted by Gasteiger charge is 2.54. The summed E-state index contributed by atoms with van der Waals surface area (Å²) in [6.07, 6.45) is 19.5. The Labute approximate surface area is 225 Å². The van der Waals surface area contributed by atoms with Crippen LogP contribution in [0.5, 0.6) is 0 Å². The smallest absolute Gasteiger partial charge is 0.203 e. The largest absolute Gasteiger partial charge is 0.445 e. The van der Waals surface area contributed by atoms with E-state index >= 15 is 0 Å². The van der Waals surface area contributed by atoms with Crippen LogP contribution in [0.3, 0.4) is 0 Å². The molecule has 0 saturated heterocycles. The standard InChI is InChI=1S/C34H49NO2/c1-21-19-23(3)24(4)28(20-21)12-11-27-9-8-16-33(7)29(13-14-30(27)33)22(2)10-15-31(36)34(17-18-34)32-35-25(5)26(6)37-32/h10-12,15,21-23,29-31,36H,4,8-9,13-14,16-20H2,1-3,5-7H3/b15-10+,27-11+,28-12-/t21-,22+,23-,29+,30-,31?,33+/m0/s1. The lowest BCUT2D eigenvalue weighted by Gasteiger charge is -2.44. The van der Waals surface area contributed by atoms with Gasteiger partial charge >= 0.3 is 0 Å². The minimum absolute atomic E-state index is 0.316. The summed E-state index contributed by atoms with van der Waals surface area (Å²) < 4.78 is 5.93. The van der Waals surface area contributed by atoms with E-state index in [4.69, 9.17) is 4.42 Å². The van der Waals surface area contributed by atoms with Crippen molar-refractivity contribution in [1.82, 2.24) is 4.98 Å². The van der Waals surface area contributed by atoms with Crippen molar-refractivity contribution in [3.63, 3.8) is 0 Å². The highest BCUT2D eigenvalue weighted by Crippen LogP contribution is 2.60. The molecule has 0 amide bonds. The van der Waals surface area contributed by atoms with Crippen molar-refractivity contribution < 1.29 is 9.52 Å². The fraction of sp³-hybridized carbons (Fsp3) is 0.676. The Hall–Kier alpha value is -1.87. The third-order valence-electron chi connectivity index (χ3n) is 10.9. The number of aliphatic hydroxyl groups is 1. The topological polar surface area (TPSA) is 46.3 Å². The SMILES string of the molecule is C=C1/C(=C\C=C2/CCC[C@]3(C)[C@@H]([C@H](C)/C=C/C(O)C4(c5nc(C)c(C)o5)CC4)CC[C@@H]23)C[C@@H](C)C[C@@H]1C. The van der Waals surface area contributed by atoms with Gasteiger partial charge in [-0.1, -0.05) is 64.2 Å². The number of aliphatic hydroxyl groups excluding tert-OH is 1. The fourth-order valence-electron chi connectivity index (χ4n) is 8.23. The molecule has 37 heavy (non-hydrogen) atoms. The lowest BCUT2D eigenvalue weighted by atomic mass is 9.61. The van der Waals surface area contributed by atoms with E-state index in [9.17, 15) is 5.11 Å². The van der Waals surface area contributed by atoms with Crippen molar-refractivity contribution in [2.45, 2.75) is 111 Å². The lowest BCUT2D eigenvalue weighted by Crippen LogP contribution is -2.35. The number of rotatable bonds is 6. The quantitative estimate of drug-likeness (QED) is 0.395. The first kappa shape index (κ1) is 26.7. The summed E-state index contributed by atoms with van der Waals surface area (Å²) in [4.78, 5) is 4.63. The van der Waals surface area contributed by atoms with Crippen LogP contribution in [0.25, 0.3) is 0 Å². The number of fused-ring (bicyclic) bond motifs is 1. The van der Waals surface area contributed by atoms with Crippen LogP contribution >= 0.6 is 0 Å². The molecule has 0 spiro atoms. The van der Waals surface area contributed by atoms with Crippen LogP contribution in [0.15, 0.2) is 52.0 Å². The molecular formula is C34H49NO2. The maximum atomic E-state index is 11.2. The van der Waals surface area contributed by atoms with E-state index in [2.05, 4.69) is 63.6 Å². The third kappa shape index (κ3) is 4.86. The van der Waals surface area contributed by atoms with Crippen molar-refractivity contribution >= 4 is 0 Å². The van der Waals surface area contributed by atoms with Gasteiger partial charge in [0.2, 0.25) is 5.89 Å². The Kier molecular flexibility index (Phi) is 7.24. The zero-order valence-electron chi connectivity index (χ0n) is 24.1. The van der Waals surface area contributed by atoms with E-state index < -0.39 is 6.10 Å². The molecule has 4 aliphatic rings. The summed E-state index contributed by atoms with van der Waals surface area (Å²) in [5.74, 6) is 4.74. The number of aromatic nitrogens is 1. The summed E-state index contributed by atoms with van der Waals surface area (Å²) >= 11 is 0. The van der Waals surface area contributed by atoms with Crippen molar-refractivity contribution in [2.24, 2.45) is 35.0 Å². The number of aryl methyl sites for hydroxylation is 2. The minimum Gasteiger partial charge on any atom is -0.445 e. The van der Waals surface area contributed by atoms with Gasteiger partial charge in [0.05, 0.1) is 17.2 Å². The Morgan fingerprint density at radius 2 is 1.86 bits per heavy atom. The van der Waals surface area contributed by atoms with Gasteiger partial charge in [0.15, 0.2) is 0 Å². The molecule has 3 nitrogen and oxygen atoms in total. The molecule has 3 heteroatoms. The van der Waals surface area contributed by atoms with Gasteiger partial charge in [0.1, 0.15) is 5.76 Å². The molecule has 202 valence electrons. The Balaban J connectivity index is 1.29. The van der Waals surface area contributed by atoms with Crippen molar-refractivity contribution in [3.8, 4) is 0 Å².